The molecule has 106 valence electrons. The number of hydrogen-bond acceptors (Lipinski definition) is 2. The van der Waals surface area contributed by atoms with Gasteiger partial charge in [0.1, 0.15) is 5.82 Å². The third-order valence-corrected chi connectivity index (χ3v) is 5.30. The first-order valence-electron chi connectivity index (χ1n) is 7.54. The maximum atomic E-state index is 6.13. The van der Waals surface area contributed by atoms with Gasteiger partial charge in [-0.3, -0.25) is 4.68 Å². The molecule has 0 amide bonds. The Bertz CT molecular complexity index is 454. The van der Waals surface area contributed by atoms with Crippen molar-refractivity contribution in [1.82, 2.24) is 9.78 Å². The Balaban J connectivity index is 1.83. The highest BCUT2D eigenvalue weighted by molar-refractivity contribution is 6.17. The summed E-state index contributed by atoms with van der Waals surface area (Å²) in [6.07, 6.45) is 7.07. The van der Waals surface area contributed by atoms with Gasteiger partial charge in [-0.25, -0.2) is 0 Å². The summed E-state index contributed by atoms with van der Waals surface area (Å²) in [5.41, 5.74) is 2.30. The Morgan fingerprint density at radius 1 is 1.21 bits per heavy atom. The fourth-order valence-electron chi connectivity index (χ4n) is 4.04. The van der Waals surface area contributed by atoms with Gasteiger partial charge in [-0.2, -0.15) is 5.10 Å². The van der Waals surface area contributed by atoms with E-state index in [4.69, 9.17) is 11.6 Å². The first kappa shape index (κ1) is 13.3. The van der Waals surface area contributed by atoms with Crippen molar-refractivity contribution in [2.75, 3.05) is 18.0 Å². The molecule has 1 aromatic heterocycles. The molecular formula is C15H24ClN3. The monoisotopic (exact) mass is 281 g/mol. The molecule has 3 nitrogen and oxygen atoms in total. The van der Waals surface area contributed by atoms with Crippen molar-refractivity contribution >= 4 is 17.4 Å². The van der Waals surface area contributed by atoms with Crippen molar-refractivity contribution in [3.63, 3.8) is 0 Å². The van der Waals surface area contributed by atoms with Crippen LogP contribution in [0.1, 0.15) is 43.4 Å². The number of rotatable bonds is 2. The fraction of sp³-hybridized carbons (Fsp3) is 0.800. The summed E-state index contributed by atoms with van der Waals surface area (Å²) in [7, 11) is 2.05. The highest BCUT2D eigenvalue weighted by Gasteiger charge is 2.33. The van der Waals surface area contributed by atoms with E-state index >= 15 is 0 Å². The second-order valence-corrected chi connectivity index (χ2v) is 6.45. The molecule has 0 spiro atoms. The second kappa shape index (κ2) is 5.35. The van der Waals surface area contributed by atoms with Crippen LogP contribution >= 0.6 is 11.6 Å². The lowest BCUT2D eigenvalue weighted by Gasteiger charge is -2.42. The van der Waals surface area contributed by atoms with E-state index in [1.807, 2.05) is 11.7 Å². The molecule has 1 aliphatic carbocycles. The van der Waals surface area contributed by atoms with Crippen LogP contribution in [0.2, 0.25) is 0 Å². The van der Waals surface area contributed by atoms with Crippen LogP contribution in [-0.2, 0) is 12.9 Å². The Hall–Kier alpha value is -0.700. The van der Waals surface area contributed by atoms with Gasteiger partial charge in [-0.15, -0.1) is 11.6 Å². The molecule has 2 fully saturated rings. The molecule has 1 saturated heterocycles. The molecule has 0 bridgehead atoms. The number of aromatic nitrogens is 2. The predicted octanol–water partition coefficient (Wildman–Crippen LogP) is 3.48. The van der Waals surface area contributed by atoms with E-state index in [0.29, 0.717) is 5.88 Å². The minimum absolute atomic E-state index is 0.569. The van der Waals surface area contributed by atoms with E-state index in [1.54, 1.807) is 0 Å². The number of piperidine rings is 1. The van der Waals surface area contributed by atoms with E-state index in [-0.39, 0.29) is 0 Å². The first-order valence-corrected chi connectivity index (χ1v) is 8.07. The van der Waals surface area contributed by atoms with Crippen LogP contribution in [-0.4, -0.2) is 22.9 Å². The number of fused-ring (bicyclic) bond motifs is 1. The van der Waals surface area contributed by atoms with Crippen molar-refractivity contribution in [2.24, 2.45) is 18.9 Å². The van der Waals surface area contributed by atoms with Crippen molar-refractivity contribution < 1.29 is 0 Å². The zero-order chi connectivity index (χ0) is 13.4. The zero-order valence-corrected chi connectivity index (χ0v) is 12.8. The van der Waals surface area contributed by atoms with E-state index in [9.17, 15) is 0 Å². The van der Waals surface area contributed by atoms with Crippen molar-refractivity contribution in [3.8, 4) is 0 Å². The van der Waals surface area contributed by atoms with Gasteiger partial charge in [0, 0.05) is 25.7 Å². The largest absolute Gasteiger partial charge is 0.356 e. The van der Waals surface area contributed by atoms with E-state index in [1.165, 1.54) is 56.6 Å². The lowest BCUT2D eigenvalue weighted by molar-refractivity contribution is 0.201. The maximum Gasteiger partial charge on any atom is 0.131 e. The summed E-state index contributed by atoms with van der Waals surface area (Å²) in [5.74, 6) is 3.69. The number of nitrogens with zero attached hydrogens (tertiary/aromatic N) is 3. The topological polar surface area (TPSA) is 21.1 Å². The number of alkyl halides is 1. The SMILES string of the molecule is Cc1nn(C)c(N2CCC3CCCCC3C2)c1CCl. The molecule has 1 aromatic rings. The van der Waals surface area contributed by atoms with Crippen LogP contribution in [0.15, 0.2) is 0 Å². The molecular weight excluding hydrogens is 258 g/mol. The van der Waals surface area contributed by atoms with Gasteiger partial charge in [0.2, 0.25) is 0 Å². The molecule has 0 N–H and O–H groups in total. The number of anilines is 1. The minimum atomic E-state index is 0.569. The lowest BCUT2D eigenvalue weighted by atomic mass is 9.75. The van der Waals surface area contributed by atoms with E-state index in [2.05, 4.69) is 16.9 Å². The van der Waals surface area contributed by atoms with E-state index < -0.39 is 0 Å². The Labute approximate surface area is 120 Å². The third-order valence-electron chi connectivity index (χ3n) is 5.04. The summed E-state index contributed by atoms with van der Waals surface area (Å²) >= 11 is 6.13. The highest BCUT2D eigenvalue weighted by atomic mass is 35.5. The normalized spacial score (nSPS) is 27.4. The minimum Gasteiger partial charge on any atom is -0.356 e. The molecule has 19 heavy (non-hydrogen) atoms. The quantitative estimate of drug-likeness (QED) is 0.774. The molecule has 0 radical (unpaired) electrons. The van der Waals surface area contributed by atoms with Crippen LogP contribution in [0.3, 0.4) is 0 Å². The second-order valence-electron chi connectivity index (χ2n) is 6.18. The van der Waals surface area contributed by atoms with Gasteiger partial charge in [0.05, 0.1) is 11.6 Å². The van der Waals surface area contributed by atoms with Crippen LogP contribution in [0.5, 0.6) is 0 Å². The average molecular weight is 282 g/mol. The van der Waals surface area contributed by atoms with Gasteiger partial charge in [-0.05, 0) is 31.6 Å². The Morgan fingerprint density at radius 2 is 1.95 bits per heavy atom. The number of aryl methyl sites for hydroxylation is 2. The average Bonchev–Trinajstić information content (AvgIpc) is 2.72. The zero-order valence-electron chi connectivity index (χ0n) is 12.0. The molecule has 3 rings (SSSR count). The standard InChI is InChI=1S/C15H24ClN3/c1-11-14(9-16)15(18(2)17-11)19-8-7-12-5-3-4-6-13(12)10-19/h12-13H,3-10H2,1-2H3. The maximum absolute atomic E-state index is 6.13. The summed E-state index contributed by atoms with van der Waals surface area (Å²) in [6.45, 7) is 4.44. The molecule has 2 heterocycles. The van der Waals surface area contributed by atoms with Crippen molar-refractivity contribution in [3.05, 3.63) is 11.3 Å². The van der Waals surface area contributed by atoms with Crippen LogP contribution < -0.4 is 4.90 Å². The Kier molecular flexibility index (Phi) is 3.75. The van der Waals surface area contributed by atoms with Crippen LogP contribution in [0, 0.1) is 18.8 Å². The first-order chi connectivity index (χ1) is 9.20. The molecule has 2 atom stereocenters. The predicted molar refractivity (Wildman–Crippen MR) is 79.8 cm³/mol. The molecule has 2 aliphatic rings. The fourth-order valence-corrected chi connectivity index (χ4v) is 4.35. The van der Waals surface area contributed by atoms with Gasteiger partial charge < -0.3 is 4.90 Å². The number of halogens is 1. The smallest absolute Gasteiger partial charge is 0.131 e. The summed E-state index contributed by atoms with van der Waals surface area (Å²) < 4.78 is 2.02. The summed E-state index contributed by atoms with van der Waals surface area (Å²) in [6, 6.07) is 0. The van der Waals surface area contributed by atoms with Gasteiger partial charge in [-0.1, -0.05) is 19.3 Å². The van der Waals surface area contributed by atoms with E-state index in [0.717, 1.165) is 17.5 Å². The molecule has 2 unspecified atom stereocenters. The summed E-state index contributed by atoms with van der Waals surface area (Å²) in [5, 5.41) is 4.55. The van der Waals surface area contributed by atoms with Crippen molar-refractivity contribution in [1.29, 1.82) is 0 Å². The molecule has 4 heteroatoms. The van der Waals surface area contributed by atoms with Gasteiger partial charge in [0.25, 0.3) is 0 Å². The molecule has 0 aromatic carbocycles. The molecule has 1 aliphatic heterocycles. The van der Waals surface area contributed by atoms with Gasteiger partial charge >= 0.3 is 0 Å². The number of hydrogen-bond donors (Lipinski definition) is 0. The van der Waals surface area contributed by atoms with Crippen LogP contribution in [0.25, 0.3) is 0 Å². The van der Waals surface area contributed by atoms with Crippen molar-refractivity contribution in [2.45, 2.75) is 44.9 Å². The van der Waals surface area contributed by atoms with Gasteiger partial charge in [0.15, 0.2) is 0 Å². The Morgan fingerprint density at radius 3 is 2.68 bits per heavy atom. The lowest BCUT2D eigenvalue weighted by Crippen LogP contribution is -2.42. The van der Waals surface area contributed by atoms with Crippen LogP contribution in [0.4, 0.5) is 5.82 Å². The third kappa shape index (κ3) is 2.37. The summed E-state index contributed by atoms with van der Waals surface area (Å²) in [4.78, 5) is 2.53. The molecule has 1 saturated carbocycles. The highest BCUT2D eigenvalue weighted by Crippen LogP contribution is 2.38.